The fourth-order valence-electron chi connectivity index (χ4n) is 5.10. The van der Waals surface area contributed by atoms with Gasteiger partial charge in [0.25, 0.3) is 11.8 Å². The zero-order valence-electron chi connectivity index (χ0n) is 21.1. The highest BCUT2D eigenvalue weighted by Crippen LogP contribution is 2.62. The molecule has 37 heavy (non-hydrogen) atoms. The van der Waals surface area contributed by atoms with E-state index in [0.717, 1.165) is 0 Å². The smallest absolute Gasteiger partial charge is 0.261 e. The predicted molar refractivity (Wildman–Crippen MR) is 133 cm³/mol. The Morgan fingerprint density at radius 1 is 1.08 bits per heavy atom. The minimum absolute atomic E-state index is 0.0343. The van der Waals surface area contributed by atoms with Crippen molar-refractivity contribution in [2.24, 2.45) is 5.41 Å². The highest BCUT2D eigenvalue weighted by Gasteiger charge is 2.71. The Labute approximate surface area is 222 Å². The summed E-state index contributed by atoms with van der Waals surface area (Å²) < 4.78 is 20.8. The van der Waals surface area contributed by atoms with Gasteiger partial charge >= 0.3 is 0 Å². The van der Waals surface area contributed by atoms with Gasteiger partial charge in [0.05, 0.1) is 17.5 Å². The van der Waals surface area contributed by atoms with Gasteiger partial charge in [-0.1, -0.05) is 6.07 Å². The standard InChI is InChI=1S/C24H27N3O8S2/c1-22(12-25)11-24(37-18(29)10-33-5)21(31)26(3)23(2,36-17(28)9-32-4)20(30)27(24)19(22)14-6-7-15-16(8-14)35-13-34-15/h6-8,19H,9-11,13H2,1-5H3/t19?,22-,23+,24?/m1/s1. The van der Waals surface area contributed by atoms with Crippen molar-refractivity contribution in [3.8, 4) is 17.6 Å². The van der Waals surface area contributed by atoms with E-state index < -0.39 is 43.2 Å². The molecule has 0 spiro atoms. The second-order valence-corrected chi connectivity index (χ2v) is 12.1. The molecule has 1 aromatic carbocycles. The first kappa shape index (κ1) is 27.3. The third-order valence-corrected chi connectivity index (χ3v) is 9.23. The lowest BCUT2D eigenvalue weighted by Gasteiger charge is -2.52. The fraction of sp³-hybridized carbons (Fsp3) is 0.542. The van der Waals surface area contributed by atoms with Gasteiger partial charge < -0.3 is 28.7 Å². The molecule has 0 aliphatic carbocycles. The number of carbonyl (C=O) groups excluding carboxylic acids is 4. The molecule has 1 aromatic rings. The summed E-state index contributed by atoms with van der Waals surface area (Å²) in [6, 6.07) is 6.43. The van der Waals surface area contributed by atoms with Crippen LogP contribution in [0.3, 0.4) is 0 Å². The van der Waals surface area contributed by atoms with Crippen LogP contribution < -0.4 is 9.47 Å². The molecule has 2 fully saturated rings. The van der Waals surface area contributed by atoms with Crippen LogP contribution in [0.4, 0.5) is 0 Å². The van der Waals surface area contributed by atoms with Gasteiger partial charge in [-0.25, -0.2) is 0 Å². The summed E-state index contributed by atoms with van der Waals surface area (Å²) in [5.74, 6) is -0.184. The molecular formula is C24H27N3O8S2. The van der Waals surface area contributed by atoms with E-state index in [4.69, 9.17) is 18.9 Å². The van der Waals surface area contributed by atoms with E-state index in [1.807, 2.05) is 0 Å². The minimum Gasteiger partial charge on any atom is -0.454 e. The van der Waals surface area contributed by atoms with Gasteiger partial charge in [0.2, 0.25) is 17.0 Å². The molecule has 13 heteroatoms. The molecule has 0 radical (unpaired) electrons. The highest BCUT2D eigenvalue weighted by atomic mass is 32.2. The number of nitriles is 1. The normalized spacial score (nSPS) is 30.3. The largest absolute Gasteiger partial charge is 0.454 e. The summed E-state index contributed by atoms with van der Waals surface area (Å²) in [6.07, 6.45) is -0.114. The lowest BCUT2D eigenvalue weighted by Crippen LogP contribution is -2.71. The van der Waals surface area contributed by atoms with Gasteiger partial charge in [-0.2, -0.15) is 5.26 Å². The summed E-state index contributed by atoms with van der Waals surface area (Å²) in [4.78, 5) is 53.1. The van der Waals surface area contributed by atoms with Crippen LogP contribution in [0.15, 0.2) is 18.2 Å². The molecule has 3 aliphatic heterocycles. The number of amides is 2. The van der Waals surface area contributed by atoms with Crippen molar-refractivity contribution >= 4 is 45.6 Å². The molecule has 0 bridgehead atoms. The van der Waals surface area contributed by atoms with Crippen molar-refractivity contribution in [2.75, 3.05) is 41.3 Å². The number of rotatable bonds is 7. The second-order valence-electron chi connectivity index (χ2n) is 9.34. The number of benzene rings is 1. The van der Waals surface area contributed by atoms with Crippen molar-refractivity contribution in [1.29, 1.82) is 5.26 Å². The Morgan fingerprint density at radius 3 is 2.32 bits per heavy atom. The van der Waals surface area contributed by atoms with Crippen molar-refractivity contribution in [3.05, 3.63) is 23.8 Å². The van der Waals surface area contributed by atoms with Gasteiger partial charge in [-0.15, -0.1) is 0 Å². The number of likely N-dealkylation sites (N-methyl/N-ethyl adjacent to an activating group) is 1. The topological polar surface area (TPSA) is 135 Å². The van der Waals surface area contributed by atoms with Crippen LogP contribution >= 0.6 is 23.5 Å². The predicted octanol–water partition coefficient (Wildman–Crippen LogP) is 1.92. The first-order valence-corrected chi connectivity index (χ1v) is 12.9. The molecule has 4 rings (SSSR count). The Morgan fingerprint density at radius 2 is 1.70 bits per heavy atom. The van der Waals surface area contributed by atoms with Crippen LogP contribution in [0, 0.1) is 16.7 Å². The molecule has 0 saturated carbocycles. The molecule has 198 valence electrons. The minimum atomic E-state index is -1.72. The van der Waals surface area contributed by atoms with E-state index in [-0.39, 0.29) is 26.4 Å². The maximum Gasteiger partial charge on any atom is 0.261 e. The quantitative estimate of drug-likeness (QED) is 0.493. The van der Waals surface area contributed by atoms with Crippen LogP contribution in [0.5, 0.6) is 11.5 Å². The molecule has 4 atom stereocenters. The van der Waals surface area contributed by atoms with Crippen molar-refractivity contribution in [3.63, 3.8) is 0 Å². The van der Waals surface area contributed by atoms with Crippen molar-refractivity contribution in [1.82, 2.24) is 9.80 Å². The Balaban J connectivity index is 1.91. The van der Waals surface area contributed by atoms with Gasteiger partial charge in [-0.05, 0) is 55.1 Å². The van der Waals surface area contributed by atoms with E-state index in [2.05, 4.69) is 6.07 Å². The molecule has 0 aromatic heterocycles. The number of methoxy groups -OCH3 is 2. The van der Waals surface area contributed by atoms with E-state index in [0.29, 0.717) is 40.6 Å². The number of carbonyl (C=O) groups is 4. The number of hydrogen-bond donors (Lipinski definition) is 0. The lowest BCUT2D eigenvalue weighted by atomic mass is 9.79. The van der Waals surface area contributed by atoms with Crippen molar-refractivity contribution < 1.29 is 38.1 Å². The third kappa shape index (κ3) is 4.25. The van der Waals surface area contributed by atoms with Crippen molar-refractivity contribution in [2.45, 2.75) is 36.1 Å². The molecule has 0 N–H and O–H groups in total. The summed E-state index contributed by atoms with van der Waals surface area (Å²) in [6.45, 7) is 2.62. The van der Waals surface area contributed by atoms with E-state index in [9.17, 15) is 24.4 Å². The van der Waals surface area contributed by atoms with Gasteiger partial charge in [0.15, 0.2) is 21.2 Å². The second kappa shape index (κ2) is 9.83. The third-order valence-electron chi connectivity index (χ3n) is 6.84. The number of fused-ring (bicyclic) bond motifs is 2. The summed E-state index contributed by atoms with van der Waals surface area (Å²) in [5, 5.41) is 9.45. The highest BCUT2D eigenvalue weighted by molar-refractivity contribution is 8.16. The zero-order valence-corrected chi connectivity index (χ0v) is 22.7. The maximum atomic E-state index is 14.4. The molecule has 3 aliphatic rings. The summed E-state index contributed by atoms with van der Waals surface area (Å²) in [7, 11) is 4.13. The Hall–Kier alpha value is -2.79. The number of piperazine rings is 1. The van der Waals surface area contributed by atoms with E-state index in [1.54, 1.807) is 25.1 Å². The number of nitrogens with zero attached hydrogens (tertiary/aromatic N) is 3. The first-order valence-electron chi connectivity index (χ1n) is 11.3. The van der Waals surface area contributed by atoms with Gasteiger partial charge in [0.1, 0.15) is 13.2 Å². The molecule has 2 amide bonds. The van der Waals surface area contributed by atoms with Gasteiger partial charge in [-0.3, -0.25) is 19.2 Å². The van der Waals surface area contributed by atoms with E-state index >= 15 is 0 Å². The summed E-state index contributed by atoms with van der Waals surface area (Å²) in [5.41, 5.74) is -0.733. The van der Waals surface area contributed by atoms with Crippen LogP contribution in [0.25, 0.3) is 0 Å². The van der Waals surface area contributed by atoms with Crippen LogP contribution in [0.2, 0.25) is 0 Å². The Bertz CT molecular complexity index is 1200. The number of ether oxygens (including phenoxy) is 4. The molecule has 2 unspecified atom stereocenters. The van der Waals surface area contributed by atoms with Gasteiger partial charge in [0, 0.05) is 27.7 Å². The number of thioether (sulfide) groups is 2. The SMILES string of the molecule is COCC(=O)SC12C[C@](C)(C#N)C(c3ccc4c(c3)OCO4)N1C(=O)[C@](C)(SC(=O)COC)N(C)C2=O. The Kier molecular flexibility index (Phi) is 7.24. The maximum absolute atomic E-state index is 14.4. The monoisotopic (exact) mass is 549 g/mol. The summed E-state index contributed by atoms with van der Waals surface area (Å²) >= 11 is 1.35. The molecule has 3 heterocycles. The zero-order chi connectivity index (χ0) is 27.2. The fourth-order valence-corrected chi connectivity index (χ4v) is 7.56. The molecular weight excluding hydrogens is 522 g/mol. The average molecular weight is 550 g/mol. The van der Waals surface area contributed by atoms with E-state index in [1.165, 1.54) is 38.0 Å². The van der Waals surface area contributed by atoms with Crippen LogP contribution in [-0.2, 0) is 28.7 Å². The average Bonchev–Trinajstić information content (AvgIpc) is 3.42. The number of hydrogen-bond acceptors (Lipinski definition) is 11. The molecule has 2 saturated heterocycles. The van der Waals surface area contributed by atoms with Crippen LogP contribution in [-0.4, -0.2) is 82.9 Å². The lowest BCUT2D eigenvalue weighted by molar-refractivity contribution is -0.163. The molecule has 11 nitrogen and oxygen atoms in total. The van der Waals surface area contributed by atoms with Crippen LogP contribution in [0.1, 0.15) is 31.9 Å². The first-order chi connectivity index (χ1) is 17.5.